The maximum absolute atomic E-state index is 13.3. The summed E-state index contributed by atoms with van der Waals surface area (Å²) in [6, 6.07) is 15.2. The molecule has 0 aliphatic carbocycles. The van der Waals surface area contributed by atoms with Crippen LogP contribution in [0.3, 0.4) is 0 Å². The zero-order chi connectivity index (χ0) is 27.3. The van der Waals surface area contributed by atoms with Crippen molar-refractivity contribution in [1.82, 2.24) is 21.3 Å². The molecule has 0 radical (unpaired) electrons. The summed E-state index contributed by atoms with van der Waals surface area (Å²) in [5, 5.41) is 12.0. The topological polar surface area (TPSA) is 109 Å². The van der Waals surface area contributed by atoms with E-state index in [1.807, 2.05) is 87.5 Å². The number of fused-ring (bicyclic) bond motifs is 1. The summed E-state index contributed by atoms with van der Waals surface area (Å²) in [6.45, 7) is 7.00. The molecular weight excluding hydrogens is 480 g/mol. The van der Waals surface area contributed by atoms with Crippen molar-refractivity contribution in [1.29, 1.82) is 0 Å². The van der Waals surface area contributed by atoms with Gasteiger partial charge in [0.2, 0.25) is 17.7 Å². The fourth-order valence-corrected chi connectivity index (χ4v) is 4.38. The Kier molecular flexibility index (Phi) is 11.4. The van der Waals surface area contributed by atoms with Crippen LogP contribution in [0.5, 0.6) is 5.75 Å². The average Bonchev–Trinajstić information content (AvgIpc) is 2.90. The van der Waals surface area contributed by atoms with Crippen LogP contribution < -0.4 is 26.0 Å². The van der Waals surface area contributed by atoms with Crippen LogP contribution in [0.25, 0.3) is 6.08 Å². The molecule has 0 saturated heterocycles. The zero-order valence-electron chi connectivity index (χ0n) is 22.5. The van der Waals surface area contributed by atoms with Crippen molar-refractivity contribution in [2.45, 2.75) is 58.2 Å². The maximum Gasteiger partial charge on any atom is 0.243 e. The molecule has 3 amide bonds. The first-order chi connectivity index (χ1) is 18.4. The van der Waals surface area contributed by atoms with Crippen LogP contribution in [-0.4, -0.2) is 55.5 Å². The van der Waals surface area contributed by atoms with Gasteiger partial charge in [0.25, 0.3) is 0 Å². The van der Waals surface area contributed by atoms with Crippen LogP contribution in [0.15, 0.2) is 60.7 Å². The van der Waals surface area contributed by atoms with E-state index in [4.69, 9.17) is 4.74 Å². The van der Waals surface area contributed by atoms with E-state index >= 15 is 0 Å². The first-order valence-corrected chi connectivity index (χ1v) is 13.4. The van der Waals surface area contributed by atoms with Crippen molar-refractivity contribution < 1.29 is 19.1 Å². The van der Waals surface area contributed by atoms with E-state index in [0.29, 0.717) is 39.0 Å². The van der Waals surface area contributed by atoms with Crippen molar-refractivity contribution >= 4 is 23.8 Å². The summed E-state index contributed by atoms with van der Waals surface area (Å²) < 4.78 is 5.98. The molecule has 0 spiro atoms. The van der Waals surface area contributed by atoms with E-state index in [-0.39, 0.29) is 23.6 Å². The Morgan fingerprint density at radius 3 is 2.34 bits per heavy atom. The highest BCUT2D eigenvalue weighted by Gasteiger charge is 2.29. The maximum atomic E-state index is 13.3. The molecule has 0 bridgehead atoms. The molecular formula is C30H40N4O4. The molecule has 1 aliphatic heterocycles. The lowest BCUT2D eigenvalue weighted by Gasteiger charge is -2.27. The number of carbonyl (C=O) groups excluding carboxylic acids is 3. The number of carbonyl (C=O) groups is 3. The van der Waals surface area contributed by atoms with Gasteiger partial charge in [0.05, 0.1) is 6.04 Å². The third kappa shape index (κ3) is 8.73. The van der Waals surface area contributed by atoms with Crippen molar-refractivity contribution in [3.8, 4) is 5.75 Å². The molecule has 1 aliphatic rings. The first kappa shape index (κ1) is 28.9. The third-order valence-corrected chi connectivity index (χ3v) is 6.41. The van der Waals surface area contributed by atoms with Crippen LogP contribution in [0.1, 0.15) is 44.7 Å². The summed E-state index contributed by atoms with van der Waals surface area (Å²) in [4.78, 5) is 39.8. The van der Waals surface area contributed by atoms with E-state index in [9.17, 15) is 14.4 Å². The number of benzene rings is 2. The first-order valence-electron chi connectivity index (χ1n) is 13.4. The molecule has 2 aromatic carbocycles. The van der Waals surface area contributed by atoms with E-state index < -0.39 is 18.1 Å². The van der Waals surface area contributed by atoms with Crippen LogP contribution in [0.2, 0.25) is 0 Å². The molecule has 204 valence electrons. The summed E-state index contributed by atoms with van der Waals surface area (Å²) in [6.07, 6.45) is 5.26. The highest BCUT2D eigenvalue weighted by atomic mass is 16.5. The lowest BCUT2D eigenvalue weighted by Crippen LogP contribution is -2.57. The van der Waals surface area contributed by atoms with Crippen LogP contribution in [-0.2, 0) is 20.8 Å². The van der Waals surface area contributed by atoms with E-state index in [2.05, 4.69) is 21.3 Å². The lowest BCUT2D eigenvalue weighted by molar-refractivity contribution is -0.133. The van der Waals surface area contributed by atoms with Gasteiger partial charge in [-0.2, -0.15) is 0 Å². The molecule has 0 fully saturated rings. The predicted octanol–water partition coefficient (Wildman–Crippen LogP) is 2.84. The molecule has 2 aromatic rings. The van der Waals surface area contributed by atoms with E-state index in [0.717, 1.165) is 16.9 Å². The Bertz CT molecular complexity index is 1090. The molecule has 0 aromatic heterocycles. The molecule has 3 rings (SSSR count). The lowest BCUT2D eigenvalue weighted by atomic mass is 10.0. The van der Waals surface area contributed by atoms with Gasteiger partial charge in [-0.05, 0) is 24.0 Å². The summed E-state index contributed by atoms with van der Waals surface area (Å²) in [5.41, 5.74) is 1.81. The second kappa shape index (κ2) is 14.9. The van der Waals surface area contributed by atoms with Crippen LogP contribution in [0, 0.1) is 5.92 Å². The molecule has 1 heterocycles. The van der Waals surface area contributed by atoms with Crippen molar-refractivity contribution in [2.24, 2.45) is 5.92 Å². The highest BCUT2D eigenvalue weighted by Crippen LogP contribution is 2.19. The SMILES string of the molecule is CCC[C@@H]1NC(=O)[C@@H](C(C)C)NCCOc2ccccc2/C=C\CNC(=O)[C@H](Cc2ccccc2)NC1=O. The number of rotatable bonds is 5. The molecule has 3 atom stereocenters. The molecule has 8 nitrogen and oxygen atoms in total. The van der Waals surface area contributed by atoms with E-state index in [1.54, 1.807) is 0 Å². The van der Waals surface area contributed by atoms with Crippen LogP contribution in [0.4, 0.5) is 0 Å². The molecule has 0 saturated carbocycles. The van der Waals surface area contributed by atoms with Gasteiger partial charge < -0.3 is 26.0 Å². The van der Waals surface area contributed by atoms with Gasteiger partial charge >= 0.3 is 0 Å². The number of ether oxygens (including phenoxy) is 1. The smallest absolute Gasteiger partial charge is 0.243 e. The Balaban J connectivity index is 1.88. The standard InChI is InChI=1S/C30H40N4O4/c1-4-11-24-29(36)34-25(20-22-12-6-5-7-13-22)28(35)32-17-10-15-23-14-8-9-16-26(23)38-19-18-31-27(21(2)3)30(37)33-24/h5-10,12-16,21,24-25,27,31H,4,11,17-20H2,1-3H3,(H,32,35)(H,33,37)(H,34,36)/b15-10-/t24-,25-,27+/m0/s1. The minimum atomic E-state index is -0.789. The number of para-hydroxylation sites is 1. The van der Waals surface area contributed by atoms with Crippen molar-refractivity contribution in [2.75, 3.05) is 19.7 Å². The second-order valence-corrected chi connectivity index (χ2v) is 9.81. The number of nitrogens with one attached hydrogen (secondary N) is 4. The van der Waals surface area contributed by atoms with Crippen molar-refractivity contribution in [3.63, 3.8) is 0 Å². The van der Waals surface area contributed by atoms with Gasteiger partial charge in [-0.15, -0.1) is 0 Å². The summed E-state index contributed by atoms with van der Waals surface area (Å²) >= 11 is 0. The second-order valence-electron chi connectivity index (χ2n) is 9.81. The molecule has 4 N–H and O–H groups in total. The summed E-state index contributed by atoms with van der Waals surface area (Å²) in [5.74, 6) is -0.186. The number of hydrogen-bond donors (Lipinski definition) is 4. The summed E-state index contributed by atoms with van der Waals surface area (Å²) in [7, 11) is 0. The quantitative estimate of drug-likeness (QED) is 0.485. The monoisotopic (exact) mass is 520 g/mol. The molecule has 0 unspecified atom stereocenters. The molecule has 8 heteroatoms. The Morgan fingerprint density at radius 2 is 1.61 bits per heavy atom. The third-order valence-electron chi connectivity index (χ3n) is 6.41. The predicted molar refractivity (Wildman–Crippen MR) is 150 cm³/mol. The minimum Gasteiger partial charge on any atom is -0.492 e. The van der Waals surface area contributed by atoms with Gasteiger partial charge in [-0.25, -0.2) is 0 Å². The Labute approximate surface area is 225 Å². The number of hydrogen-bond acceptors (Lipinski definition) is 5. The van der Waals surface area contributed by atoms with Gasteiger partial charge in [-0.3, -0.25) is 14.4 Å². The average molecular weight is 521 g/mol. The van der Waals surface area contributed by atoms with Gasteiger partial charge in [0, 0.05) is 25.1 Å². The Hall–Kier alpha value is -3.65. The van der Waals surface area contributed by atoms with E-state index in [1.165, 1.54) is 0 Å². The largest absolute Gasteiger partial charge is 0.492 e. The van der Waals surface area contributed by atoms with Crippen molar-refractivity contribution in [3.05, 3.63) is 71.8 Å². The van der Waals surface area contributed by atoms with Gasteiger partial charge in [-0.1, -0.05) is 87.9 Å². The molecule has 38 heavy (non-hydrogen) atoms. The number of amides is 3. The fraction of sp³-hybridized carbons (Fsp3) is 0.433. The normalized spacial score (nSPS) is 22.6. The Morgan fingerprint density at radius 1 is 0.895 bits per heavy atom. The highest BCUT2D eigenvalue weighted by molar-refractivity contribution is 5.93. The minimum absolute atomic E-state index is 0.00207. The zero-order valence-corrected chi connectivity index (χ0v) is 22.5. The van der Waals surface area contributed by atoms with Gasteiger partial charge in [0.1, 0.15) is 24.4 Å². The fourth-order valence-electron chi connectivity index (χ4n) is 4.38. The van der Waals surface area contributed by atoms with Crippen LogP contribution >= 0.6 is 0 Å². The van der Waals surface area contributed by atoms with Gasteiger partial charge in [0.15, 0.2) is 0 Å².